The van der Waals surface area contributed by atoms with E-state index >= 15 is 0 Å². The van der Waals surface area contributed by atoms with Gasteiger partial charge in [-0.15, -0.1) is 0 Å². The Morgan fingerprint density at radius 2 is 1.71 bits per heavy atom. The van der Waals surface area contributed by atoms with Crippen molar-refractivity contribution in [2.45, 2.75) is 44.6 Å². The van der Waals surface area contributed by atoms with E-state index in [4.69, 9.17) is 0 Å². The van der Waals surface area contributed by atoms with Crippen molar-refractivity contribution in [3.63, 3.8) is 0 Å². The molecule has 1 aromatic rings. The number of rotatable bonds is 2. The number of benzene rings is 1. The topological polar surface area (TPSA) is 40.6 Å². The van der Waals surface area contributed by atoms with Gasteiger partial charge in [0, 0.05) is 25.7 Å². The number of fused-ring (bicyclic) bond motifs is 1. The molecule has 0 bridgehead atoms. The van der Waals surface area contributed by atoms with Crippen LogP contribution in [0.25, 0.3) is 0 Å². The van der Waals surface area contributed by atoms with Crippen molar-refractivity contribution in [2.75, 3.05) is 26.2 Å². The molecule has 2 aliphatic rings. The minimum absolute atomic E-state index is 0.416. The fraction of sp³-hybridized carbons (Fsp3) is 0.625. The summed E-state index contributed by atoms with van der Waals surface area (Å²) >= 11 is 0. The summed E-state index contributed by atoms with van der Waals surface area (Å²) in [5.41, 5.74) is 2.84. The fourth-order valence-corrected chi connectivity index (χ4v) is 5.76. The lowest BCUT2D eigenvalue weighted by molar-refractivity contribution is 0.158. The second kappa shape index (κ2) is 5.38. The molecule has 1 unspecified atom stereocenters. The number of sulfonamides is 1. The van der Waals surface area contributed by atoms with Crippen molar-refractivity contribution in [2.24, 2.45) is 0 Å². The highest BCUT2D eigenvalue weighted by molar-refractivity contribution is 7.89. The summed E-state index contributed by atoms with van der Waals surface area (Å²) in [6.45, 7) is 9.07. The van der Waals surface area contributed by atoms with Gasteiger partial charge in [0.15, 0.2) is 0 Å². The number of hydrogen-bond acceptors (Lipinski definition) is 3. The maximum absolute atomic E-state index is 13.0. The molecule has 0 saturated carbocycles. The molecule has 21 heavy (non-hydrogen) atoms. The molecule has 1 aromatic carbocycles. The van der Waals surface area contributed by atoms with Crippen molar-refractivity contribution < 1.29 is 8.42 Å². The Hall–Kier alpha value is -0.910. The molecule has 2 fully saturated rings. The third-order valence-corrected chi connectivity index (χ3v) is 6.92. The number of hydrogen-bond donors (Lipinski definition) is 0. The molecule has 1 atom stereocenters. The van der Waals surface area contributed by atoms with E-state index < -0.39 is 10.0 Å². The van der Waals surface area contributed by atoms with Crippen molar-refractivity contribution in [1.82, 2.24) is 9.21 Å². The van der Waals surface area contributed by atoms with Gasteiger partial charge in [0.25, 0.3) is 0 Å². The predicted molar refractivity (Wildman–Crippen MR) is 84.0 cm³/mol. The third kappa shape index (κ3) is 2.62. The largest absolute Gasteiger partial charge is 0.298 e. The van der Waals surface area contributed by atoms with Gasteiger partial charge in [-0.1, -0.05) is 17.7 Å². The van der Waals surface area contributed by atoms with Gasteiger partial charge < -0.3 is 0 Å². The first kappa shape index (κ1) is 15.0. The van der Waals surface area contributed by atoms with E-state index in [1.807, 2.05) is 32.9 Å². The van der Waals surface area contributed by atoms with Crippen LogP contribution in [0.15, 0.2) is 17.0 Å². The Balaban J connectivity index is 1.94. The zero-order valence-corrected chi connectivity index (χ0v) is 13.9. The molecule has 4 nitrogen and oxygen atoms in total. The van der Waals surface area contributed by atoms with Gasteiger partial charge in [-0.2, -0.15) is 4.31 Å². The van der Waals surface area contributed by atoms with Crippen LogP contribution < -0.4 is 0 Å². The molecule has 116 valence electrons. The van der Waals surface area contributed by atoms with Crippen molar-refractivity contribution in [3.8, 4) is 0 Å². The molecular formula is C16H24N2O2S. The smallest absolute Gasteiger partial charge is 0.243 e. The van der Waals surface area contributed by atoms with Gasteiger partial charge in [0.1, 0.15) is 0 Å². The standard InChI is InChI=1S/C16H24N2O2S/c1-12-9-13(2)16(14(3)10-12)21(19,20)18-8-7-17-6-4-5-15(17)11-18/h9-10,15H,4-8,11H2,1-3H3. The molecule has 0 aliphatic carbocycles. The summed E-state index contributed by atoms with van der Waals surface area (Å²) in [6, 6.07) is 4.34. The van der Waals surface area contributed by atoms with Crippen LogP contribution >= 0.6 is 0 Å². The van der Waals surface area contributed by atoms with Crippen LogP contribution in [-0.4, -0.2) is 49.8 Å². The molecule has 0 aromatic heterocycles. The van der Waals surface area contributed by atoms with Gasteiger partial charge in [0.2, 0.25) is 10.0 Å². The molecule has 5 heteroatoms. The molecular weight excluding hydrogens is 284 g/mol. The van der Waals surface area contributed by atoms with E-state index in [9.17, 15) is 8.42 Å². The average molecular weight is 308 g/mol. The van der Waals surface area contributed by atoms with Crippen LogP contribution in [-0.2, 0) is 10.0 Å². The van der Waals surface area contributed by atoms with Gasteiger partial charge in [0.05, 0.1) is 4.90 Å². The minimum atomic E-state index is -3.37. The summed E-state index contributed by atoms with van der Waals surface area (Å²) in [4.78, 5) is 2.94. The Kier molecular flexibility index (Phi) is 3.84. The number of aryl methyl sites for hydroxylation is 3. The monoisotopic (exact) mass is 308 g/mol. The molecule has 0 amide bonds. The van der Waals surface area contributed by atoms with Crippen LogP contribution in [0.4, 0.5) is 0 Å². The van der Waals surface area contributed by atoms with Crippen molar-refractivity contribution in [1.29, 1.82) is 0 Å². The summed E-state index contributed by atoms with van der Waals surface area (Å²) in [5.74, 6) is 0. The third-order valence-electron chi connectivity index (χ3n) is 4.75. The quantitative estimate of drug-likeness (QED) is 0.840. The van der Waals surface area contributed by atoms with Crippen molar-refractivity contribution in [3.05, 3.63) is 28.8 Å². The highest BCUT2D eigenvalue weighted by atomic mass is 32.2. The zero-order valence-electron chi connectivity index (χ0n) is 13.1. The molecule has 2 saturated heterocycles. The molecule has 2 heterocycles. The van der Waals surface area contributed by atoms with E-state index in [0.717, 1.165) is 36.2 Å². The summed E-state index contributed by atoms with van der Waals surface area (Å²) < 4.78 is 27.8. The molecule has 0 N–H and O–H groups in total. The first-order valence-corrected chi connectivity index (χ1v) is 9.15. The van der Waals surface area contributed by atoms with Crippen LogP contribution in [0.2, 0.25) is 0 Å². The minimum Gasteiger partial charge on any atom is -0.298 e. The van der Waals surface area contributed by atoms with Gasteiger partial charge in [-0.25, -0.2) is 8.42 Å². The van der Waals surface area contributed by atoms with Crippen molar-refractivity contribution >= 4 is 10.0 Å². The second-order valence-electron chi connectivity index (χ2n) is 6.42. The predicted octanol–water partition coefficient (Wildman–Crippen LogP) is 2.08. The molecule has 0 spiro atoms. The van der Waals surface area contributed by atoms with E-state index in [1.54, 1.807) is 4.31 Å². The van der Waals surface area contributed by atoms with Crippen LogP contribution in [0, 0.1) is 20.8 Å². The maximum atomic E-state index is 13.0. The molecule has 2 aliphatic heterocycles. The second-order valence-corrected chi connectivity index (χ2v) is 8.30. The van der Waals surface area contributed by atoms with E-state index in [1.165, 1.54) is 6.42 Å². The first-order chi connectivity index (χ1) is 9.89. The lowest BCUT2D eigenvalue weighted by atomic mass is 10.1. The Bertz CT molecular complexity index is 631. The first-order valence-electron chi connectivity index (χ1n) is 7.71. The van der Waals surface area contributed by atoms with Crippen LogP contribution in [0.3, 0.4) is 0 Å². The summed E-state index contributed by atoms with van der Waals surface area (Å²) in [7, 11) is -3.37. The number of piperazine rings is 1. The zero-order chi connectivity index (χ0) is 15.2. The van der Waals surface area contributed by atoms with Gasteiger partial charge >= 0.3 is 0 Å². The Labute approximate surface area is 127 Å². The molecule has 0 radical (unpaired) electrons. The number of nitrogens with zero attached hydrogens (tertiary/aromatic N) is 2. The maximum Gasteiger partial charge on any atom is 0.243 e. The Morgan fingerprint density at radius 1 is 1.05 bits per heavy atom. The lowest BCUT2D eigenvalue weighted by Gasteiger charge is -2.37. The highest BCUT2D eigenvalue weighted by Gasteiger charge is 2.37. The van der Waals surface area contributed by atoms with E-state index in [2.05, 4.69) is 4.90 Å². The average Bonchev–Trinajstić information content (AvgIpc) is 2.83. The van der Waals surface area contributed by atoms with E-state index in [0.29, 0.717) is 24.0 Å². The SMILES string of the molecule is Cc1cc(C)c(S(=O)(=O)N2CCN3CCCC3C2)c(C)c1. The van der Waals surface area contributed by atoms with Gasteiger partial charge in [-0.3, -0.25) is 4.90 Å². The summed E-state index contributed by atoms with van der Waals surface area (Å²) in [6.07, 6.45) is 2.32. The normalized spacial score (nSPS) is 24.2. The van der Waals surface area contributed by atoms with E-state index in [-0.39, 0.29) is 0 Å². The Morgan fingerprint density at radius 3 is 2.38 bits per heavy atom. The van der Waals surface area contributed by atoms with Gasteiger partial charge in [-0.05, 0) is 51.3 Å². The lowest BCUT2D eigenvalue weighted by Crippen LogP contribution is -2.52. The summed E-state index contributed by atoms with van der Waals surface area (Å²) in [5, 5.41) is 0. The molecule has 3 rings (SSSR count). The van der Waals surface area contributed by atoms with Crippen LogP contribution in [0.5, 0.6) is 0 Å². The fourth-order valence-electron chi connectivity index (χ4n) is 3.88. The highest BCUT2D eigenvalue weighted by Crippen LogP contribution is 2.29. The van der Waals surface area contributed by atoms with Crippen LogP contribution in [0.1, 0.15) is 29.5 Å².